The van der Waals surface area contributed by atoms with Gasteiger partial charge in [-0.3, -0.25) is 4.79 Å². The van der Waals surface area contributed by atoms with Gasteiger partial charge in [-0.05, 0) is 6.42 Å². The van der Waals surface area contributed by atoms with E-state index in [9.17, 15) is 9.59 Å². The van der Waals surface area contributed by atoms with Gasteiger partial charge in [0.1, 0.15) is 6.29 Å². The van der Waals surface area contributed by atoms with Crippen LogP contribution in [0.25, 0.3) is 0 Å². The van der Waals surface area contributed by atoms with E-state index < -0.39 is 18.0 Å². The zero-order valence-electron chi connectivity index (χ0n) is 6.44. The van der Waals surface area contributed by atoms with Crippen LogP contribution in [0.3, 0.4) is 0 Å². The summed E-state index contributed by atoms with van der Waals surface area (Å²) in [6.07, 6.45) is -0.415. The molecule has 0 radical (unpaired) electrons. The zero-order chi connectivity index (χ0) is 9.56. The first-order valence-corrected chi connectivity index (χ1v) is 4.04. The third-order valence-corrected chi connectivity index (χ3v) is 1.74. The molecule has 0 spiro atoms. The smallest absolute Gasteiger partial charge is 0.304 e. The molecule has 0 saturated carbocycles. The van der Waals surface area contributed by atoms with Crippen molar-refractivity contribution in [2.45, 2.75) is 18.9 Å². The van der Waals surface area contributed by atoms with Crippen molar-refractivity contribution in [2.24, 2.45) is 5.92 Å². The van der Waals surface area contributed by atoms with Gasteiger partial charge >= 0.3 is 5.97 Å². The van der Waals surface area contributed by atoms with E-state index in [0.29, 0.717) is 6.29 Å². The van der Waals surface area contributed by atoms with E-state index in [1.807, 2.05) is 0 Å². The van der Waals surface area contributed by atoms with Crippen molar-refractivity contribution in [1.82, 2.24) is 0 Å². The summed E-state index contributed by atoms with van der Waals surface area (Å²) in [6, 6.07) is 0. The molecule has 0 saturated heterocycles. The van der Waals surface area contributed by atoms with Crippen LogP contribution in [0, 0.1) is 5.92 Å². The van der Waals surface area contributed by atoms with E-state index in [1.165, 1.54) is 0 Å². The van der Waals surface area contributed by atoms with E-state index in [0.717, 1.165) is 0 Å². The standard InChI is InChI=1S/C7H11ClO4/c8-3-6(10)1-5(4-9)2-7(11)12/h4-6,10H,1-3H2,(H,11,12). The summed E-state index contributed by atoms with van der Waals surface area (Å²) in [7, 11) is 0. The topological polar surface area (TPSA) is 74.6 Å². The van der Waals surface area contributed by atoms with E-state index in [2.05, 4.69) is 0 Å². The van der Waals surface area contributed by atoms with Crippen LogP contribution in [-0.2, 0) is 9.59 Å². The van der Waals surface area contributed by atoms with E-state index in [1.54, 1.807) is 0 Å². The van der Waals surface area contributed by atoms with Gasteiger partial charge in [-0.1, -0.05) is 0 Å². The van der Waals surface area contributed by atoms with Crippen molar-refractivity contribution in [3.8, 4) is 0 Å². The summed E-state index contributed by atoms with van der Waals surface area (Å²) in [6.45, 7) is 0. The van der Waals surface area contributed by atoms with Gasteiger partial charge in [0.15, 0.2) is 0 Å². The summed E-state index contributed by atoms with van der Waals surface area (Å²) < 4.78 is 0. The van der Waals surface area contributed by atoms with Gasteiger partial charge in [0.25, 0.3) is 0 Å². The molecule has 0 amide bonds. The molecule has 2 N–H and O–H groups in total. The first-order valence-electron chi connectivity index (χ1n) is 3.51. The second-order valence-electron chi connectivity index (χ2n) is 2.54. The molecular formula is C7H11ClO4. The van der Waals surface area contributed by atoms with Crippen molar-refractivity contribution in [2.75, 3.05) is 5.88 Å². The highest BCUT2D eigenvalue weighted by Crippen LogP contribution is 2.09. The lowest BCUT2D eigenvalue weighted by atomic mass is 10.0. The fraction of sp³-hybridized carbons (Fsp3) is 0.714. The molecule has 70 valence electrons. The lowest BCUT2D eigenvalue weighted by Gasteiger charge is -2.10. The second kappa shape index (κ2) is 5.97. The highest BCUT2D eigenvalue weighted by atomic mass is 35.5. The minimum Gasteiger partial charge on any atom is -0.481 e. The van der Waals surface area contributed by atoms with Crippen LogP contribution in [0.1, 0.15) is 12.8 Å². The molecule has 12 heavy (non-hydrogen) atoms. The van der Waals surface area contributed by atoms with E-state index >= 15 is 0 Å². The zero-order valence-corrected chi connectivity index (χ0v) is 7.20. The Hall–Kier alpha value is -0.610. The predicted molar refractivity (Wildman–Crippen MR) is 43.2 cm³/mol. The lowest BCUT2D eigenvalue weighted by Crippen LogP contribution is -2.18. The average Bonchev–Trinajstić information content (AvgIpc) is 2.02. The van der Waals surface area contributed by atoms with Crippen LogP contribution in [0.5, 0.6) is 0 Å². The number of carbonyl (C=O) groups is 2. The van der Waals surface area contributed by atoms with Gasteiger partial charge < -0.3 is 15.0 Å². The Morgan fingerprint density at radius 1 is 1.58 bits per heavy atom. The number of carboxylic acid groups (broad SMARTS) is 1. The van der Waals surface area contributed by atoms with Crippen molar-refractivity contribution >= 4 is 23.9 Å². The molecular weight excluding hydrogens is 184 g/mol. The number of aliphatic carboxylic acids is 1. The van der Waals surface area contributed by atoms with E-state index in [-0.39, 0.29) is 18.7 Å². The van der Waals surface area contributed by atoms with Crippen LogP contribution < -0.4 is 0 Å². The normalized spacial score (nSPS) is 15.2. The average molecular weight is 195 g/mol. The molecule has 0 rings (SSSR count). The van der Waals surface area contributed by atoms with Crippen molar-refractivity contribution in [3.05, 3.63) is 0 Å². The van der Waals surface area contributed by atoms with Gasteiger partial charge in [0.2, 0.25) is 0 Å². The molecule has 0 heterocycles. The summed E-state index contributed by atoms with van der Waals surface area (Å²) >= 11 is 5.28. The Balaban J connectivity index is 3.82. The number of aliphatic hydroxyl groups excluding tert-OH is 1. The number of carboxylic acids is 1. The molecule has 0 aromatic rings. The fourth-order valence-electron chi connectivity index (χ4n) is 0.824. The van der Waals surface area contributed by atoms with Gasteiger partial charge in [-0.2, -0.15) is 0 Å². The van der Waals surface area contributed by atoms with Crippen LogP contribution in [-0.4, -0.2) is 34.5 Å². The monoisotopic (exact) mass is 194 g/mol. The third kappa shape index (κ3) is 5.09. The summed E-state index contributed by atoms with van der Waals surface area (Å²) in [5.74, 6) is -1.67. The molecule has 2 unspecified atom stereocenters. The van der Waals surface area contributed by atoms with Crippen molar-refractivity contribution in [3.63, 3.8) is 0 Å². The van der Waals surface area contributed by atoms with Gasteiger partial charge in [-0.15, -0.1) is 11.6 Å². The molecule has 2 atom stereocenters. The van der Waals surface area contributed by atoms with Crippen molar-refractivity contribution in [1.29, 1.82) is 0 Å². The maximum absolute atomic E-state index is 10.3. The quantitative estimate of drug-likeness (QED) is 0.470. The van der Waals surface area contributed by atoms with Crippen LogP contribution >= 0.6 is 11.6 Å². The number of alkyl halides is 1. The summed E-state index contributed by atoms with van der Waals surface area (Å²) in [5.41, 5.74) is 0. The summed E-state index contributed by atoms with van der Waals surface area (Å²) in [4.78, 5) is 20.4. The number of aliphatic hydroxyl groups is 1. The Labute approximate surface area is 75.1 Å². The highest BCUT2D eigenvalue weighted by molar-refractivity contribution is 6.18. The number of aldehydes is 1. The summed E-state index contributed by atoms with van der Waals surface area (Å²) in [5, 5.41) is 17.3. The number of halogens is 1. The lowest BCUT2D eigenvalue weighted by molar-refractivity contribution is -0.139. The maximum Gasteiger partial charge on any atom is 0.304 e. The first-order chi connectivity index (χ1) is 5.60. The molecule has 0 bridgehead atoms. The molecule has 0 aliphatic heterocycles. The molecule has 0 aromatic carbocycles. The Kier molecular flexibility index (Phi) is 5.66. The second-order valence-corrected chi connectivity index (χ2v) is 2.85. The largest absolute Gasteiger partial charge is 0.481 e. The predicted octanol–water partition coefficient (Wildman–Crippen LogP) is 0.266. The third-order valence-electron chi connectivity index (χ3n) is 1.38. The number of hydrogen-bond donors (Lipinski definition) is 2. The Bertz CT molecular complexity index is 159. The van der Waals surface area contributed by atoms with E-state index in [4.69, 9.17) is 21.8 Å². The fourth-order valence-corrected chi connectivity index (χ4v) is 0.950. The van der Waals surface area contributed by atoms with Gasteiger partial charge in [-0.25, -0.2) is 0 Å². The highest BCUT2D eigenvalue weighted by Gasteiger charge is 2.16. The number of hydrogen-bond acceptors (Lipinski definition) is 3. The molecule has 0 aromatic heterocycles. The SMILES string of the molecule is O=CC(CC(=O)O)CC(O)CCl. The first kappa shape index (κ1) is 11.4. The number of rotatable bonds is 6. The molecule has 0 aliphatic carbocycles. The minimum absolute atomic E-state index is 0.0178. The molecule has 0 aliphatic rings. The maximum atomic E-state index is 10.3. The molecule has 5 heteroatoms. The van der Waals surface area contributed by atoms with Gasteiger partial charge in [0.05, 0.1) is 12.5 Å². The van der Waals surface area contributed by atoms with Gasteiger partial charge in [0, 0.05) is 11.8 Å². The Morgan fingerprint density at radius 3 is 2.50 bits per heavy atom. The number of carbonyl (C=O) groups excluding carboxylic acids is 1. The van der Waals surface area contributed by atoms with Crippen molar-refractivity contribution < 1.29 is 19.8 Å². The molecule has 0 fully saturated rings. The molecule has 4 nitrogen and oxygen atoms in total. The van der Waals surface area contributed by atoms with Crippen LogP contribution in [0.4, 0.5) is 0 Å². The van der Waals surface area contributed by atoms with Crippen LogP contribution in [0.2, 0.25) is 0 Å². The van der Waals surface area contributed by atoms with Crippen LogP contribution in [0.15, 0.2) is 0 Å². The Morgan fingerprint density at radius 2 is 2.17 bits per heavy atom. The minimum atomic E-state index is -1.05.